The summed E-state index contributed by atoms with van der Waals surface area (Å²) in [6, 6.07) is 0. The fourth-order valence-electron chi connectivity index (χ4n) is 3.56. The van der Waals surface area contributed by atoms with Gasteiger partial charge in [-0.2, -0.15) is 0 Å². The van der Waals surface area contributed by atoms with Crippen molar-refractivity contribution >= 4 is 0 Å². The van der Waals surface area contributed by atoms with E-state index in [0.717, 1.165) is 49.7 Å². The van der Waals surface area contributed by atoms with Crippen molar-refractivity contribution in [2.75, 3.05) is 6.61 Å². The monoisotopic (exact) mass is 320 g/mol. The summed E-state index contributed by atoms with van der Waals surface area (Å²) in [5, 5.41) is 20.2. The van der Waals surface area contributed by atoms with E-state index in [9.17, 15) is 10.2 Å². The highest BCUT2D eigenvalue weighted by Gasteiger charge is 2.50. The van der Waals surface area contributed by atoms with E-state index in [-0.39, 0.29) is 24.2 Å². The summed E-state index contributed by atoms with van der Waals surface area (Å²) in [7, 11) is 0. The number of aliphatic hydroxyl groups is 2. The highest BCUT2D eigenvalue weighted by atomic mass is 16.6. The van der Waals surface area contributed by atoms with Crippen LogP contribution in [0.5, 0.6) is 0 Å². The number of hydrogen-bond acceptors (Lipinski definition) is 3. The molecule has 0 spiro atoms. The van der Waals surface area contributed by atoms with Crippen LogP contribution in [0.2, 0.25) is 0 Å². The Kier molecular flexibility index (Phi) is 6.24. The summed E-state index contributed by atoms with van der Waals surface area (Å²) in [4.78, 5) is 0. The zero-order valence-electron chi connectivity index (χ0n) is 14.8. The van der Waals surface area contributed by atoms with Crippen molar-refractivity contribution in [3.8, 4) is 0 Å². The first-order chi connectivity index (χ1) is 10.9. The molecule has 0 radical (unpaired) electrons. The number of allylic oxidation sites excluding steroid dienone is 2. The second-order valence-corrected chi connectivity index (χ2v) is 7.51. The van der Waals surface area contributed by atoms with Gasteiger partial charge in [-0.05, 0) is 64.9 Å². The van der Waals surface area contributed by atoms with E-state index in [2.05, 4.69) is 26.5 Å². The van der Waals surface area contributed by atoms with Gasteiger partial charge in [0.15, 0.2) is 0 Å². The van der Waals surface area contributed by atoms with Crippen molar-refractivity contribution in [1.82, 2.24) is 0 Å². The Morgan fingerprint density at radius 3 is 2.78 bits per heavy atom. The Balaban J connectivity index is 2.15. The van der Waals surface area contributed by atoms with Crippen molar-refractivity contribution in [3.63, 3.8) is 0 Å². The lowest BCUT2D eigenvalue weighted by Gasteiger charge is -2.22. The van der Waals surface area contributed by atoms with E-state index in [1.165, 1.54) is 5.57 Å². The van der Waals surface area contributed by atoms with E-state index in [4.69, 9.17) is 4.74 Å². The number of fused-ring (bicyclic) bond motifs is 1. The Bertz CT molecular complexity index is 491. The summed E-state index contributed by atoms with van der Waals surface area (Å²) in [5.74, 6) is 0.0466. The second-order valence-electron chi connectivity index (χ2n) is 7.51. The molecule has 2 aliphatic rings. The summed E-state index contributed by atoms with van der Waals surface area (Å²) in [5.41, 5.74) is 3.28. The minimum Gasteiger partial charge on any atom is -0.392 e. The molecule has 0 amide bonds. The largest absolute Gasteiger partial charge is 0.392 e. The predicted octanol–water partition coefficient (Wildman–Crippen LogP) is 3.92. The van der Waals surface area contributed by atoms with Crippen molar-refractivity contribution in [3.05, 3.63) is 35.5 Å². The maximum Gasteiger partial charge on any atom is 0.0923 e. The van der Waals surface area contributed by atoms with Crippen LogP contribution in [0.3, 0.4) is 0 Å². The molecule has 23 heavy (non-hydrogen) atoms. The fourth-order valence-corrected chi connectivity index (χ4v) is 3.56. The van der Waals surface area contributed by atoms with Gasteiger partial charge in [0.1, 0.15) is 0 Å². The van der Waals surface area contributed by atoms with Crippen molar-refractivity contribution in [2.45, 2.75) is 77.1 Å². The van der Waals surface area contributed by atoms with Gasteiger partial charge < -0.3 is 14.9 Å². The van der Waals surface area contributed by atoms with Gasteiger partial charge in [-0.25, -0.2) is 0 Å². The number of hydrogen-bond donors (Lipinski definition) is 2. The van der Waals surface area contributed by atoms with Gasteiger partial charge in [0.2, 0.25) is 0 Å². The van der Waals surface area contributed by atoms with Crippen molar-refractivity contribution < 1.29 is 14.9 Å². The average molecular weight is 320 g/mol. The van der Waals surface area contributed by atoms with E-state index >= 15 is 0 Å². The first-order valence-electron chi connectivity index (χ1n) is 8.83. The van der Waals surface area contributed by atoms with Gasteiger partial charge in [0, 0.05) is 5.92 Å². The van der Waals surface area contributed by atoms with Gasteiger partial charge in [-0.15, -0.1) is 0 Å². The lowest BCUT2D eigenvalue weighted by molar-refractivity contribution is 0.163. The minimum absolute atomic E-state index is 0.000316. The Hall–Kier alpha value is -0.900. The van der Waals surface area contributed by atoms with Gasteiger partial charge in [0.05, 0.1) is 24.4 Å². The molecule has 1 fully saturated rings. The van der Waals surface area contributed by atoms with E-state index < -0.39 is 6.10 Å². The number of rotatable bonds is 2. The highest BCUT2D eigenvalue weighted by molar-refractivity contribution is 5.14. The van der Waals surface area contributed by atoms with Gasteiger partial charge in [0.25, 0.3) is 0 Å². The number of ether oxygens (including phenoxy) is 1. The third kappa shape index (κ3) is 5.03. The molecular formula is C20H32O3. The van der Waals surface area contributed by atoms with E-state index in [1.807, 2.05) is 13.0 Å². The number of epoxide rings is 1. The maximum absolute atomic E-state index is 10.6. The van der Waals surface area contributed by atoms with Crippen LogP contribution in [0.25, 0.3) is 0 Å². The summed E-state index contributed by atoms with van der Waals surface area (Å²) in [6.45, 7) is 10.4. The highest BCUT2D eigenvalue weighted by Crippen LogP contribution is 2.43. The molecule has 1 saturated heterocycles. The average Bonchev–Trinajstić information content (AvgIpc) is 3.13. The molecule has 2 rings (SSSR count). The zero-order chi connectivity index (χ0) is 17.0. The summed E-state index contributed by atoms with van der Waals surface area (Å²) < 4.78 is 5.88. The Morgan fingerprint density at radius 1 is 1.39 bits per heavy atom. The molecule has 0 bridgehead atoms. The first-order valence-corrected chi connectivity index (χ1v) is 8.83. The van der Waals surface area contributed by atoms with Crippen LogP contribution in [-0.4, -0.2) is 34.6 Å². The molecule has 1 heterocycles. The predicted molar refractivity (Wildman–Crippen MR) is 94.2 cm³/mol. The maximum atomic E-state index is 10.6. The Labute approximate surface area is 140 Å². The van der Waals surface area contributed by atoms with Crippen molar-refractivity contribution in [2.24, 2.45) is 5.92 Å². The molecule has 0 aromatic carbocycles. The lowest BCUT2D eigenvalue weighted by Crippen LogP contribution is -2.20. The third-order valence-corrected chi connectivity index (χ3v) is 5.40. The van der Waals surface area contributed by atoms with Crippen LogP contribution in [-0.2, 0) is 4.74 Å². The smallest absolute Gasteiger partial charge is 0.0923 e. The fraction of sp³-hybridized carbons (Fsp3) is 0.700. The SMILES string of the molecule is C=C(C)[C@H]1CC/C(C)=C\CC[C@@]2(C)O[C@@H]2CC/C(CO)=C\[C@@H]1O. The quantitative estimate of drug-likeness (QED) is 0.599. The van der Waals surface area contributed by atoms with Crippen molar-refractivity contribution in [1.29, 1.82) is 0 Å². The minimum atomic E-state index is -0.572. The van der Waals surface area contributed by atoms with Crippen LogP contribution in [0.15, 0.2) is 35.5 Å². The summed E-state index contributed by atoms with van der Waals surface area (Å²) in [6.07, 6.45) is 9.52. The molecule has 0 aromatic heterocycles. The molecule has 3 nitrogen and oxygen atoms in total. The zero-order valence-corrected chi connectivity index (χ0v) is 14.8. The van der Waals surface area contributed by atoms with Crippen LogP contribution < -0.4 is 0 Å². The molecule has 1 aliphatic heterocycles. The normalized spacial score (nSPS) is 40.8. The van der Waals surface area contributed by atoms with E-state index in [1.54, 1.807) is 0 Å². The topological polar surface area (TPSA) is 53.0 Å². The molecule has 4 atom stereocenters. The lowest BCUT2D eigenvalue weighted by atomic mass is 9.87. The molecule has 0 saturated carbocycles. The first kappa shape index (κ1) is 18.4. The molecule has 0 aromatic rings. The van der Waals surface area contributed by atoms with Crippen LogP contribution in [0, 0.1) is 5.92 Å². The molecule has 130 valence electrons. The molecular weight excluding hydrogens is 288 g/mol. The number of aliphatic hydroxyl groups excluding tert-OH is 2. The van der Waals surface area contributed by atoms with Crippen LogP contribution in [0.1, 0.15) is 59.3 Å². The second kappa shape index (κ2) is 7.78. The molecule has 2 N–H and O–H groups in total. The third-order valence-electron chi connectivity index (χ3n) is 5.40. The molecule has 0 unspecified atom stereocenters. The van der Waals surface area contributed by atoms with Gasteiger partial charge in [-0.1, -0.05) is 29.9 Å². The molecule has 1 aliphatic carbocycles. The summed E-state index contributed by atoms with van der Waals surface area (Å²) >= 11 is 0. The molecule has 3 heteroatoms. The van der Waals surface area contributed by atoms with Gasteiger partial charge in [-0.3, -0.25) is 0 Å². The standard InChI is InChI=1S/C20H32O3/c1-14(2)17-9-7-15(3)6-5-11-20(4)19(23-20)10-8-16(13-21)12-18(17)22/h6,12,17-19,21-22H,1,5,7-11,13H2,2-4H3/b15-6-,16-12+/t17-,18+,19-,20-/m1/s1. The van der Waals surface area contributed by atoms with Crippen LogP contribution >= 0.6 is 0 Å². The van der Waals surface area contributed by atoms with Crippen LogP contribution in [0.4, 0.5) is 0 Å². The van der Waals surface area contributed by atoms with Gasteiger partial charge >= 0.3 is 0 Å². The Morgan fingerprint density at radius 2 is 2.13 bits per heavy atom. The van der Waals surface area contributed by atoms with E-state index in [0.29, 0.717) is 0 Å².